The molecule has 0 aliphatic rings. The van der Waals surface area contributed by atoms with Crippen LogP contribution in [0.25, 0.3) is 11.0 Å². The van der Waals surface area contributed by atoms with E-state index in [9.17, 15) is 5.11 Å². The molecule has 0 spiro atoms. The second kappa shape index (κ2) is 9.21. The molecular weight excluding hydrogens is 380 g/mol. The van der Waals surface area contributed by atoms with Crippen LogP contribution in [0.2, 0.25) is 0 Å². The normalized spacial score (nSPS) is 11.3. The van der Waals surface area contributed by atoms with Gasteiger partial charge < -0.3 is 14.3 Å². The molecule has 0 amide bonds. The Kier molecular flexibility index (Phi) is 6.23. The molecule has 1 heterocycles. The maximum absolute atomic E-state index is 9.81. The van der Waals surface area contributed by atoms with E-state index in [4.69, 9.17) is 9.15 Å². The summed E-state index contributed by atoms with van der Waals surface area (Å²) in [6.07, 6.45) is 0.816. The highest BCUT2D eigenvalue weighted by Gasteiger charge is 2.18. The average Bonchev–Trinajstić information content (AvgIpc) is 3.15. The van der Waals surface area contributed by atoms with Gasteiger partial charge in [-0.15, -0.1) is 11.8 Å². The molecule has 29 heavy (non-hydrogen) atoms. The largest absolute Gasteiger partial charge is 0.493 e. The summed E-state index contributed by atoms with van der Waals surface area (Å²) in [5, 5.41) is 11.1. The highest BCUT2D eigenvalue weighted by atomic mass is 32.2. The molecule has 0 atom stereocenters. The molecule has 148 valence electrons. The van der Waals surface area contributed by atoms with Crippen LogP contribution in [0.1, 0.15) is 27.7 Å². The van der Waals surface area contributed by atoms with E-state index in [0.717, 1.165) is 23.1 Å². The number of para-hydroxylation sites is 1. The third kappa shape index (κ3) is 4.19. The van der Waals surface area contributed by atoms with Gasteiger partial charge in [-0.1, -0.05) is 72.8 Å². The summed E-state index contributed by atoms with van der Waals surface area (Å²) >= 11 is 1.91. The molecule has 0 bridgehead atoms. The summed E-state index contributed by atoms with van der Waals surface area (Å²) < 4.78 is 11.3. The summed E-state index contributed by atoms with van der Waals surface area (Å²) in [7, 11) is 1.63. The fourth-order valence-electron chi connectivity index (χ4n) is 3.68. The van der Waals surface area contributed by atoms with Crippen LogP contribution in [0.3, 0.4) is 0 Å². The zero-order chi connectivity index (χ0) is 20.1. The average molecular weight is 405 g/mol. The van der Waals surface area contributed by atoms with Crippen molar-refractivity contribution in [3.8, 4) is 5.75 Å². The monoisotopic (exact) mass is 404 g/mol. The van der Waals surface area contributed by atoms with Gasteiger partial charge in [0.15, 0.2) is 11.3 Å². The molecular formula is C25H24O3S. The Morgan fingerprint density at radius 1 is 0.897 bits per heavy atom. The van der Waals surface area contributed by atoms with Crippen LogP contribution in [0.4, 0.5) is 0 Å². The number of furan rings is 1. The van der Waals surface area contributed by atoms with Crippen molar-refractivity contribution in [3.63, 3.8) is 0 Å². The standard InChI is InChI=1S/C25H24O3S/c1-27-22-14-8-13-21-20(23(17-26)28-24(21)22)15-16-29-25(18-9-4-2-5-10-18)19-11-6-3-7-12-19/h2-14,25-26H,15-17H2,1H3. The number of benzene rings is 3. The van der Waals surface area contributed by atoms with Crippen LogP contribution in [0.15, 0.2) is 83.3 Å². The third-order valence-corrected chi connectivity index (χ3v) is 6.39. The molecule has 0 aliphatic heterocycles. The number of aryl methyl sites for hydroxylation is 1. The lowest BCUT2D eigenvalue weighted by Crippen LogP contribution is -2.00. The zero-order valence-electron chi connectivity index (χ0n) is 16.4. The minimum atomic E-state index is -0.112. The van der Waals surface area contributed by atoms with Gasteiger partial charge in [0.05, 0.1) is 12.4 Å². The number of thioether (sulfide) groups is 1. The first-order valence-corrected chi connectivity index (χ1v) is 10.8. The Labute approximate surface area is 175 Å². The van der Waals surface area contributed by atoms with Gasteiger partial charge in [0.25, 0.3) is 0 Å². The lowest BCUT2D eigenvalue weighted by molar-refractivity contribution is 0.248. The van der Waals surface area contributed by atoms with Crippen molar-refractivity contribution in [1.29, 1.82) is 0 Å². The van der Waals surface area contributed by atoms with Gasteiger partial charge in [-0.25, -0.2) is 0 Å². The van der Waals surface area contributed by atoms with E-state index >= 15 is 0 Å². The molecule has 1 N–H and O–H groups in total. The second-order valence-electron chi connectivity index (χ2n) is 6.82. The number of aliphatic hydroxyl groups is 1. The number of fused-ring (bicyclic) bond motifs is 1. The molecule has 4 heteroatoms. The van der Waals surface area contributed by atoms with E-state index in [1.807, 2.05) is 30.0 Å². The number of hydrogen-bond donors (Lipinski definition) is 1. The number of methoxy groups -OCH3 is 1. The first kappa shape index (κ1) is 19.6. The summed E-state index contributed by atoms with van der Waals surface area (Å²) in [5.74, 6) is 2.23. The first-order chi connectivity index (χ1) is 14.3. The fraction of sp³-hybridized carbons (Fsp3) is 0.200. The van der Waals surface area contributed by atoms with Gasteiger partial charge in [-0.2, -0.15) is 0 Å². The molecule has 4 aromatic rings. The molecule has 0 unspecified atom stereocenters. The van der Waals surface area contributed by atoms with Crippen molar-refractivity contribution >= 4 is 22.7 Å². The highest BCUT2D eigenvalue weighted by Crippen LogP contribution is 2.38. The van der Waals surface area contributed by atoms with E-state index in [-0.39, 0.29) is 11.9 Å². The van der Waals surface area contributed by atoms with Gasteiger partial charge in [0.1, 0.15) is 12.4 Å². The van der Waals surface area contributed by atoms with Crippen molar-refractivity contribution in [3.05, 3.63) is 101 Å². The van der Waals surface area contributed by atoms with E-state index in [1.165, 1.54) is 11.1 Å². The molecule has 0 fully saturated rings. The number of aliphatic hydroxyl groups excluding tert-OH is 1. The van der Waals surface area contributed by atoms with Crippen molar-refractivity contribution in [1.82, 2.24) is 0 Å². The van der Waals surface area contributed by atoms with Gasteiger partial charge in [0.2, 0.25) is 0 Å². The summed E-state index contributed by atoms with van der Waals surface area (Å²) in [5.41, 5.74) is 4.37. The van der Waals surface area contributed by atoms with Crippen LogP contribution >= 0.6 is 11.8 Å². The molecule has 0 saturated carbocycles. The quantitative estimate of drug-likeness (QED) is 0.391. The van der Waals surface area contributed by atoms with Crippen molar-refractivity contribution in [2.24, 2.45) is 0 Å². The Balaban J connectivity index is 1.58. The Bertz CT molecular complexity index is 1020. The number of ether oxygens (including phenoxy) is 1. The first-order valence-electron chi connectivity index (χ1n) is 9.71. The summed E-state index contributed by atoms with van der Waals surface area (Å²) in [4.78, 5) is 0. The maximum atomic E-state index is 9.81. The van der Waals surface area contributed by atoms with Gasteiger partial charge in [0, 0.05) is 10.9 Å². The third-order valence-electron chi connectivity index (χ3n) is 5.07. The molecule has 0 radical (unpaired) electrons. The fourth-order valence-corrected chi connectivity index (χ4v) is 4.93. The van der Waals surface area contributed by atoms with Crippen LogP contribution in [-0.4, -0.2) is 18.0 Å². The van der Waals surface area contributed by atoms with Crippen LogP contribution < -0.4 is 4.74 Å². The smallest absolute Gasteiger partial charge is 0.176 e. The Hall–Kier alpha value is -2.69. The summed E-state index contributed by atoms with van der Waals surface area (Å²) in [6.45, 7) is -0.112. The Morgan fingerprint density at radius 2 is 1.55 bits per heavy atom. The molecule has 1 aromatic heterocycles. The van der Waals surface area contributed by atoms with Crippen LogP contribution in [-0.2, 0) is 13.0 Å². The minimum absolute atomic E-state index is 0.112. The van der Waals surface area contributed by atoms with Crippen molar-refractivity contribution < 1.29 is 14.3 Å². The van der Waals surface area contributed by atoms with Gasteiger partial charge in [-0.3, -0.25) is 0 Å². The molecule has 3 aromatic carbocycles. The molecule has 4 rings (SSSR count). The SMILES string of the molecule is COc1cccc2c(CCSC(c3ccccc3)c3ccccc3)c(CO)oc12. The van der Waals surface area contributed by atoms with Crippen molar-refractivity contribution in [2.75, 3.05) is 12.9 Å². The predicted octanol–water partition coefficient (Wildman–Crippen LogP) is 6.00. The predicted molar refractivity (Wildman–Crippen MR) is 120 cm³/mol. The highest BCUT2D eigenvalue weighted by molar-refractivity contribution is 7.99. The Morgan fingerprint density at radius 3 is 2.14 bits per heavy atom. The lowest BCUT2D eigenvalue weighted by Gasteiger charge is -2.18. The van der Waals surface area contributed by atoms with E-state index in [0.29, 0.717) is 17.1 Å². The van der Waals surface area contributed by atoms with Crippen molar-refractivity contribution in [2.45, 2.75) is 18.3 Å². The van der Waals surface area contributed by atoms with E-state index < -0.39 is 0 Å². The maximum Gasteiger partial charge on any atom is 0.176 e. The number of hydrogen-bond acceptors (Lipinski definition) is 4. The van der Waals surface area contributed by atoms with E-state index in [2.05, 4.69) is 60.7 Å². The molecule has 0 aliphatic carbocycles. The van der Waals surface area contributed by atoms with Crippen LogP contribution in [0.5, 0.6) is 5.75 Å². The summed E-state index contributed by atoms with van der Waals surface area (Å²) in [6, 6.07) is 27.1. The molecule has 0 saturated heterocycles. The van der Waals surface area contributed by atoms with E-state index in [1.54, 1.807) is 7.11 Å². The second-order valence-corrected chi connectivity index (χ2v) is 8.03. The van der Waals surface area contributed by atoms with Gasteiger partial charge in [-0.05, 0) is 29.4 Å². The van der Waals surface area contributed by atoms with Crippen LogP contribution in [0, 0.1) is 0 Å². The number of rotatable bonds is 8. The van der Waals surface area contributed by atoms with Gasteiger partial charge >= 0.3 is 0 Å². The topological polar surface area (TPSA) is 42.6 Å². The zero-order valence-corrected chi connectivity index (χ0v) is 17.2. The minimum Gasteiger partial charge on any atom is -0.493 e. The lowest BCUT2D eigenvalue weighted by atomic mass is 10.0. The molecule has 3 nitrogen and oxygen atoms in total.